The van der Waals surface area contributed by atoms with E-state index in [9.17, 15) is 5.11 Å². The molecule has 1 aromatic rings. The highest BCUT2D eigenvalue weighted by Crippen LogP contribution is 2.17. The Morgan fingerprint density at radius 2 is 1.82 bits per heavy atom. The zero-order chi connectivity index (χ0) is 12.8. The van der Waals surface area contributed by atoms with Crippen molar-refractivity contribution in [1.82, 2.24) is 5.32 Å². The summed E-state index contributed by atoms with van der Waals surface area (Å²) in [5.74, 6) is 0. The Balaban J connectivity index is 2.62. The Labute approximate surface area is 103 Å². The molecular formula is C14H23NO2. The predicted octanol–water partition coefficient (Wildman–Crippen LogP) is 1.78. The van der Waals surface area contributed by atoms with Crippen LogP contribution in [0.3, 0.4) is 0 Å². The number of hydrogen-bond acceptors (Lipinski definition) is 3. The van der Waals surface area contributed by atoms with E-state index in [1.807, 2.05) is 45.0 Å². The van der Waals surface area contributed by atoms with Crippen LogP contribution in [0.1, 0.15) is 37.5 Å². The maximum absolute atomic E-state index is 10.2. The fourth-order valence-corrected chi connectivity index (χ4v) is 1.81. The molecule has 0 aliphatic heterocycles. The zero-order valence-electron chi connectivity index (χ0n) is 10.9. The molecule has 3 nitrogen and oxygen atoms in total. The summed E-state index contributed by atoms with van der Waals surface area (Å²) >= 11 is 0. The first kappa shape index (κ1) is 14.2. The molecule has 0 heterocycles. The molecule has 3 atom stereocenters. The molecule has 3 unspecified atom stereocenters. The number of hydrogen-bond donors (Lipinski definition) is 3. The standard InChI is InChI=1S/C14H23NO2/c1-4-13(9-16)15-11(3)14(17)12-7-5-10(2)6-8-12/h5-8,11,13-17H,4,9H2,1-3H3. The Kier molecular flexibility index (Phi) is 5.62. The average Bonchev–Trinajstić information content (AvgIpc) is 2.35. The molecule has 3 N–H and O–H groups in total. The Bertz CT molecular complexity index is 319. The topological polar surface area (TPSA) is 52.5 Å². The Morgan fingerprint density at radius 3 is 2.29 bits per heavy atom. The fraction of sp³-hybridized carbons (Fsp3) is 0.571. The Morgan fingerprint density at radius 1 is 1.24 bits per heavy atom. The normalized spacial score (nSPS) is 16.5. The molecule has 0 aliphatic carbocycles. The minimum atomic E-state index is -0.545. The van der Waals surface area contributed by atoms with Gasteiger partial charge in [0.15, 0.2) is 0 Å². The second kappa shape index (κ2) is 6.74. The van der Waals surface area contributed by atoms with Crippen molar-refractivity contribution in [3.63, 3.8) is 0 Å². The maximum atomic E-state index is 10.2. The van der Waals surface area contributed by atoms with E-state index in [1.54, 1.807) is 0 Å². The van der Waals surface area contributed by atoms with E-state index in [0.717, 1.165) is 12.0 Å². The molecule has 96 valence electrons. The van der Waals surface area contributed by atoms with Gasteiger partial charge < -0.3 is 15.5 Å². The quantitative estimate of drug-likeness (QED) is 0.707. The summed E-state index contributed by atoms with van der Waals surface area (Å²) in [5, 5.41) is 22.5. The van der Waals surface area contributed by atoms with Crippen molar-refractivity contribution in [2.24, 2.45) is 0 Å². The predicted molar refractivity (Wildman–Crippen MR) is 69.9 cm³/mol. The molecule has 0 bridgehead atoms. The highest BCUT2D eigenvalue weighted by atomic mass is 16.3. The average molecular weight is 237 g/mol. The summed E-state index contributed by atoms with van der Waals surface area (Å²) in [6.45, 7) is 6.07. The van der Waals surface area contributed by atoms with Gasteiger partial charge in [-0.3, -0.25) is 0 Å². The van der Waals surface area contributed by atoms with Gasteiger partial charge in [-0.15, -0.1) is 0 Å². The second-order valence-corrected chi connectivity index (χ2v) is 4.60. The molecule has 0 aromatic heterocycles. The van der Waals surface area contributed by atoms with Gasteiger partial charge in [0.2, 0.25) is 0 Å². The number of aliphatic hydroxyl groups is 2. The molecule has 0 saturated carbocycles. The van der Waals surface area contributed by atoms with Crippen LogP contribution in [0, 0.1) is 6.92 Å². The zero-order valence-corrected chi connectivity index (χ0v) is 10.9. The summed E-state index contributed by atoms with van der Waals surface area (Å²) in [4.78, 5) is 0. The van der Waals surface area contributed by atoms with Crippen LogP contribution in [-0.4, -0.2) is 28.9 Å². The van der Waals surface area contributed by atoms with Crippen LogP contribution in [0.5, 0.6) is 0 Å². The molecule has 0 fully saturated rings. The molecule has 1 aromatic carbocycles. The summed E-state index contributed by atoms with van der Waals surface area (Å²) in [6.07, 6.45) is 0.303. The maximum Gasteiger partial charge on any atom is 0.0940 e. The van der Waals surface area contributed by atoms with Crippen molar-refractivity contribution in [3.05, 3.63) is 35.4 Å². The minimum Gasteiger partial charge on any atom is -0.395 e. The SMILES string of the molecule is CCC(CO)NC(C)C(O)c1ccc(C)cc1. The fourth-order valence-electron chi connectivity index (χ4n) is 1.81. The number of nitrogens with one attached hydrogen (secondary N) is 1. The van der Waals surface area contributed by atoms with E-state index in [0.29, 0.717) is 0 Å². The van der Waals surface area contributed by atoms with Gasteiger partial charge in [-0.05, 0) is 25.8 Å². The molecule has 3 heteroatoms. The summed E-state index contributed by atoms with van der Waals surface area (Å²) in [5.41, 5.74) is 2.09. The number of aryl methyl sites for hydroxylation is 1. The summed E-state index contributed by atoms with van der Waals surface area (Å²) in [6, 6.07) is 7.85. The first-order valence-corrected chi connectivity index (χ1v) is 6.20. The van der Waals surface area contributed by atoms with E-state index in [-0.39, 0.29) is 18.7 Å². The highest BCUT2D eigenvalue weighted by molar-refractivity contribution is 5.23. The lowest BCUT2D eigenvalue weighted by Crippen LogP contribution is -2.41. The van der Waals surface area contributed by atoms with E-state index in [1.165, 1.54) is 5.56 Å². The van der Waals surface area contributed by atoms with Crippen molar-refractivity contribution in [2.45, 2.75) is 45.4 Å². The van der Waals surface area contributed by atoms with Gasteiger partial charge in [-0.1, -0.05) is 36.8 Å². The van der Waals surface area contributed by atoms with Gasteiger partial charge in [-0.25, -0.2) is 0 Å². The molecular weight excluding hydrogens is 214 g/mol. The third-order valence-corrected chi connectivity index (χ3v) is 3.10. The lowest BCUT2D eigenvalue weighted by Gasteiger charge is -2.25. The molecule has 0 radical (unpaired) electrons. The van der Waals surface area contributed by atoms with E-state index in [4.69, 9.17) is 5.11 Å². The van der Waals surface area contributed by atoms with Crippen LogP contribution < -0.4 is 5.32 Å². The molecule has 17 heavy (non-hydrogen) atoms. The summed E-state index contributed by atoms with van der Waals surface area (Å²) < 4.78 is 0. The lowest BCUT2D eigenvalue weighted by molar-refractivity contribution is 0.118. The van der Waals surface area contributed by atoms with Crippen molar-refractivity contribution in [3.8, 4) is 0 Å². The smallest absolute Gasteiger partial charge is 0.0940 e. The van der Waals surface area contributed by atoms with Gasteiger partial charge in [0.05, 0.1) is 12.7 Å². The van der Waals surface area contributed by atoms with E-state index < -0.39 is 6.10 Å². The van der Waals surface area contributed by atoms with Crippen molar-refractivity contribution >= 4 is 0 Å². The van der Waals surface area contributed by atoms with Crippen LogP contribution in [0.25, 0.3) is 0 Å². The van der Waals surface area contributed by atoms with Gasteiger partial charge in [0.1, 0.15) is 0 Å². The third-order valence-electron chi connectivity index (χ3n) is 3.10. The number of rotatable bonds is 6. The minimum absolute atomic E-state index is 0.0464. The van der Waals surface area contributed by atoms with Crippen LogP contribution in [0.4, 0.5) is 0 Å². The van der Waals surface area contributed by atoms with Crippen LogP contribution >= 0.6 is 0 Å². The second-order valence-electron chi connectivity index (χ2n) is 4.60. The molecule has 0 spiro atoms. The monoisotopic (exact) mass is 237 g/mol. The number of benzene rings is 1. The largest absolute Gasteiger partial charge is 0.395 e. The summed E-state index contributed by atoms with van der Waals surface area (Å²) in [7, 11) is 0. The lowest BCUT2D eigenvalue weighted by atomic mass is 10.0. The van der Waals surface area contributed by atoms with Gasteiger partial charge in [0.25, 0.3) is 0 Å². The molecule has 1 rings (SSSR count). The number of aliphatic hydroxyl groups excluding tert-OH is 2. The highest BCUT2D eigenvalue weighted by Gasteiger charge is 2.18. The van der Waals surface area contributed by atoms with Crippen molar-refractivity contribution < 1.29 is 10.2 Å². The van der Waals surface area contributed by atoms with Crippen LogP contribution in [-0.2, 0) is 0 Å². The van der Waals surface area contributed by atoms with Gasteiger partial charge in [0, 0.05) is 12.1 Å². The molecule has 0 amide bonds. The first-order valence-electron chi connectivity index (χ1n) is 6.20. The van der Waals surface area contributed by atoms with Crippen molar-refractivity contribution in [1.29, 1.82) is 0 Å². The van der Waals surface area contributed by atoms with Gasteiger partial charge >= 0.3 is 0 Å². The van der Waals surface area contributed by atoms with E-state index >= 15 is 0 Å². The molecule has 0 saturated heterocycles. The molecule has 0 aliphatic rings. The van der Waals surface area contributed by atoms with E-state index in [2.05, 4.69) is 5.32 Å². The Hall–Kier alpha value is -0.900. The van der Waals surface area contributed by atoms with Crippen molar-refractivity contribution in [2.75, 3.05) is 6.61 Å². The first-order chi connectivity index (χ1) is 8.08. The van der Waals surface area contributed by atoms with Crippen LogP contribution in [0.15, 0.2) is 24.3 Å². The van der Waals surface area contributed by atoms with Gasteiger partial charge in [-0.2, -0.15) is 0 Å². The third kappa shape index (κ3) is 4.11. The van der Waals surface area contributed by atoms with Crippen LogP contribution in [0.2, 0.25) is 0 Å².